The Balaban J connectivity index is 2.28. The molecule has 2 aromatic rings. The smallest absolute Gasteiger partial charge is 0.305 e. The number of anilines is 1. The largest absolute Gasteiger partial charge is 0.416 e. The fraction of sp³-hybridized carbons (Fsp3) is 0.0833. The Morgan fingerprint density at radius 2 is 1.90 bits per heavy atom. The number of aromatic nitrogens is 2. The second-order valence-electron chi connectivity index (χ2n) is 3.87. The maximum absolute atomic E-state index is 13.5. The first-order chi connectivity index (χ1) is 9.77. The summed E-state index contributed by atoms with van der Waals surface area (Å²) in [6, 6.07) is 1.59. The fourth-order valence-corrected chi connectivity index (χ4v) is 1.64. The van der Waals surface area contributed by atoms with Crippen molar-refractivity contribution in [3.05, 3.63) is 52.1 Å². The van der Waals surface area contributed by atoms with Crippen molar-refractivity contribution < 1.29 is 22.4 Å². The molecule has 0 unspecified atom stereocenters. The van der Waals surface area contributed by atoms with E-state index in [9.17, 15) is 22.4 Å². The fourth-order valence-electron chi connectivity index (χ4n) is 1.44. The number of amides is 1. The molecule has 0 aliphatic carbocycles. The molecule has 2 rings (SSSR count). The lowest BCUT2D eigenvalue weighted by atomic mass is 10.1. The van der Waals surface area contributed by atoms with Crippen LogP contribution in [0.5, 0.6) is 0 Å². The van der Waals surface area contributed by atoms with Crippen molar-refractivity contribution in [1.82, 2.24) is 9.97 Å². The van der Waals surface area contributed by atoms with E-state index in [0.717, 1.165) is 0 Å². The Labute approximate surface area is 124 Å². The van der Waals surface area contributed by atoms with E-state index in [4.69, 9.17) is 0 Å². The van der Waals surface area contributed by atoms with Gasteiger partial charge < -0.3 is 5.32 Å². The average molecular weight is 364 g/mol. The normalized spacial score (nSPS) is 11.3. The Morgan fingerprint density at radius 3 is 2.48 bits per heavy atom. The monoisotopic (exact) mass is 363 g/mol. The molecule has 1 heterocycles. The quantitative estimate of drug-likeness (QED) is 0.828. The highest BCUT2D eigenvalue weighted by Crippen LogP contribution is 2.30. The summed E-state index contributed by atoms with van der Waals surface area (Å²) < 4.78 is 51.6. The van der Waals surface area contributed by atoms with Crippen LogP contribution in [-0.2, 0) is 6.18 Å². The van der Waals surface area contributed by atoms with Crippen LogP contribution in [-0.4, -0.2) is 15.9 Å². The molecule has 0 saturated heterocycles. The lowest BCUT2D eigenvalue weighted by Crippen LogP contribution is -2.16. The van der Waals surface area contributed by atoms with Crippen molar-refractivity contribution in [1.29, 1.82) is 0 Å². The summed E-state index contributed by atoms with van der Waals surface area (Å²) >= 11 is 3.03. The summed E-state index contributed by atoms with van der Waals surface area (Å²) in [7, 11) is 0. The SMILES string of the molecule is O=C(Nc1cnc(Br)cn1)c1cc(C(F)(F)F)ccc1F. The van der Waals surface area contributed by atoms with Gasteiger partial charge >= 0.3 is 6.18 Å². The van der Waals surface area contributed by atoms with Gasteiger partial charge in [0.2, 0.25) is 0 Å². The average Bonchev–Trinajstić information content (AvgIpc) is 2.40. The summed E-state index contributed by atoms with van der Waals surface area (Å²) in [5.74, 6) is -2.12. The predicted molar refractivity (Wildman–Crippen MR) is 69.1 cm³/mol. The van der Waals surface area contributed by atoms with E-state index in [2.05, 4.69) is 31.2 Å². The standard InChI is InChI=1S/C12H6BrF4N3O/c13-9-4-19-10(5-18-9)20-11(21)7-3-6(12(15,16)17)1-2-8(7)14/h1-5H,(H,19,20,21). The van der Waals surface area contributed by atoms with Gasteiger partial charge in [-0.05, 0) is 34.1 Å². The van der Waals surface area contributed by atoms with Crippen LogP contribution in [0.2, 0.25) is 0 Å². The van der Waals surface area contributed by atoms with E-state index < -0.39 is 29.0 Å². The van der Waals surface area contributed by atoms with Crippen molar-refractivity contribution in [3.8, 4) is 0 Å². The van der Waals surface area contributed by atoms with Gasteiger partial charge in [0, 0.05) is 0 Å². The molecule has 110 valence electrons. The number of hydrogen-bond donors (Lipinski definition) is 1. The molecule has 1 aromatic carbocycles. The highest BCUT2D eigenvalue weighted by Gasteiger charge is 2.32. The van der Waals surface area contributed by atoms with E-state index in [1.54, 1.807) is 0 Å². The maximum Gasteiger partial charge on any atom is 0.416 e. The minimum Gasteiger partial charge on any atom is -0.305 e. The molecule has 1 amide bonds. The van der Waals surface area contributed by atoms with E-state index in [1.807, 2.05) is 0 Å². The van der Waals surface area contributed by atoms with Crippen LogP contribution in [0.4, 0.5) is 23.4 Å². The van der Waals surface area contributed by atoms with Crippen molar-refractivity contribution in [3.63, 3.8) is 0 Å². The number of alkyl halides is 3. The Morgan fingerprint density at radius 1 is 1.19 bits per heavy atom. The van der Waals surface area contributed by atoms with Crippen molar-refractivity contribution in [2.24, 2.45) is 0 Å². The number of nitrogens with zero attached hydrogens (tertiary/aromatic N) is 2. The molecule has 0 fully saturated rings. The number of hydrogen-bond acceptors (Lipinski definition) is 3. The number of carbonyl (C=O) groups excluding carboxylic acids is 1. The third-order valence-corrected chi connectivity index (χ3v) is 2.81. The zero-order valence-electron chi connectivity index (χ0n) is 10.1. The van der Waals surface area contributed by atoms with Crippen molar-refractivity contribution in [2.45, 2.75) is 6.18 Å². The van der Waals surface area contributed by atoms with Crippen LogP contribution in [0.3, 0.4) is 0 Å². The molecular weight excluding hydrogens is 358 g/mol. The molecule has 0 aliphatic heterocycles. The van der Waals surface area contributed by atoms with E-state index >= 15 is 0 Å². The van der Waals surface area contributed by atoms with Gasteiger partial charge in [0.05, 0.1) is 23.5 Å². The summed E-state index contributed by atoms with van der Waals surface area (Å²) in [5.41, 5.74) is -1.84. The molecule has 1 N–H and O–H groups in total. The van der Waals surface area contributed by atoms with Gasteiger partial charge in [0.15, 0.2) is 5.82 Å². The van der Waals surface area contributed by atoms with Crippen LogP contribution in [0.15, 0.2) is 35.2 Å². The van der Waals surface area contributed by atoms with Crippen LogP contribution < -0.4 is 5.32 Å². The zero-order chi connectivity index (χ0) is 15.6. The highest BCUT2D eigenvalue weighted by molar-refractivity contribution is 9.10. The van der Waals surface area contributed by atoms with E-state index in [-0.39, 0.29) is 5.82 Å². The number of rotatable bonds is 2. The zero-order valence-corrected chi connectivity index (χ0v) is 11.7. The molecule has 0 bridgehead atoms. The third kappa shape index (κ3) is 3.75. The van der Waals surface area contributed by atoms with E-state index in [0.29, 0.717) is 22.8 Å². The summed E-state index contributed by atoms with van der Waals surface area (Å²) in [6.07, 6.45) is -2.22. The summed E-state index contributed by atoms with van der Waals surface area (Å²) in [4.78, 5) is 19.3. The third-order valence-electron chi connectivity index (χ3n) is 2.40. The molecule has 0 radical (unpaired) electrons. The van der Waals surface area contributed by atoms with Crippen LogP contribution >= 0.6 is 15.9 Å². The second-order valence-corrected chi connectivity index (χ2v) is 4.68. The van der Waals surface area contributed by atoms with Crippen LogP contribution in [0, 0.1) is 5.82 Å². The van der Waals surface area contributed by atoms with Crippen molar-refractivity contribution in [2.75, 3.05) is 5.32 Å². The Hall–Kier alpha value is -2.03. The number of benzene rings is 1. The first-order valence-electron chi connectivity index (χ1n) is 5.43. The summed E-state index contributed by atoms with van der Waals surface area (Å²) in [6.45, 7) is 0. The first-order valence-corrected chi connectivity index (χ1v) is 6.22. The minimum atomic E-state index is -4.67. The number of nitrogens with one attached hydrogen (secondary N) is 1. The van der Waals surface area contributed by atoms with Gasteiger partial charge in [-0.2, -0.15) is 13.2 Å². The Kier molecular flexibility index (Phi) is 4.21. The highest BCUT2D eigenvalue weighted by atomic mass is 79.9. The number of halogens is 5. The van der Waals surface area contributed by atoms with Gasteiger partial charge in [-0.15, -0.1) is 0 Å². The van der Waals surface area contributed by atoms with Gasteiger partial charge in [0.1, 0.15) is 10.4 Å². The molecule has 0 spiro atoms. The lowest BCUT2D eigenvalue weighted by molar-refractivity contribution is -0.137. The Bertz CT molecular complexity index is 673. The second kappa shape index (κ2) is 5.76. The maximum atomic E-state index is 13.5. The van der Waals surface area contributed by atoms with Gasteiger partial charge in [-0.3, -0.25) is 4.79 Å². The first kappa shape index (κ1) is 15.4. The molecule has 4 nitrogen and oxygen atoms in total. The molecule has 9 heteroatoms. The van der Waals surface area contributed by atoms with E-state index in [1.165, 1.54) is 12.4 Å². The molecular formula is C12H6BrF4N3O. The van der Waals surface area contributed by atoms with Crippen LogP contribution in [0.25, 0.3) is 0 Å². The van der Waals surface area contributed by atoms with Crippen molar-refractivity contribution >= 4 is 27.7 Å². The van der Waals surface area contributed by atoms with Gasteiger partial charge in [0.25, 0.3) is 5.91 Å². The molecule has 21 heavy (non-hydrogen) atoms. The number of carbonyl (C=O) groups is 1. The molecule has 0 aliphatic rings. The lowest BCUT2D eigenvalue weighted by Gasteiger charge is -2.09. The topological polar surface area (TPSA) is 54.9 Å². The minimum absolute atomic E-state index is 0.0139. The molecule has 0 saturated carbocycles. The van der Waals surface area contributed by atoms with Crippen LogP contribution in [0.1, 0.15) is 15.9 Å². The molecule has 1 aromatic heterocycles. The van der Waals surface area contributed by atoms with Gasteiger partial charge in [-0.25, -0.2) is 14.4 Å². The predicted octanol–water partition coefficient (Wildman–Crippen LogP) is 3.65. The van der Waals surface area contributed by atoms with Gasteiger partial charge in [-0.1, -0.05) is 0 Å². The molecule has 0 atom stereocenters. The summed E-state index contributed by atoms with van der Waals surface area (Å²) in [5, 5.41) is 2.16.